The van der Waals surface area contributed by atoms with Crippen LogP contribution in [0, 0.1) is 0 Å². The summed E-state index contributed by atoms with van der Waals surface area (Å²) < 4.78 is 5.81. The number of amides is 1. The Hall–Kier alpha value is -1.55. The molecule has 1 aliphatic rings. The molecule has 0 spiro atoms. The van der Waals surface area contributed by atoms with Gasteiger partial charge in [0.1, 0.15) is 11.9 Å². The number of hydrogen-bond acceptors (Lipinski definition) is 3. The van der Waals surface area contributed by atoms with Crippen LogP contribution in [0.25, 0.3) is 0 Å². The number of benzene rings is 1. The molecular formula is C16H23NO3. The lowest BCUT2D eigenvalue weighted by Gasteiger charge is -2.28. The molecule has 1 aliphatic carbocycles. The van der Waals surface area contributed by atoms with Gasteiger partial charge in [0, 0.05) is 12.1 Å². The van der Waals surface area contributed by atoms with E-state index in [0.29, 0.717) is 6.42 Å². The molecule has 1 amide bonds. The number of ether oxygens (including phenoxy) is 1. The number of hydrogen-bond donors (Lipinski definition) is 2. The Bertz CT molecular complexity index is 430. The lowest BCUT2D eigenvalue weighted by Crippen LogP contribution is -2.34. The summed E-state index contributed by atoms with van der Waals surface area (Å²) in [7, 11) is 0. The van der Waals surface area contributed by atoms with Crippen LogP contribution in [-0.2, 0) is 4.79 Å². The average molecular weight is 277 g/mol. The van der Waals surface area contributed by atoms with Crippen molar-refractivity contribution in [1.82, 2.24) is 0 Å². The first-order valence-electron chi connectivity index (χ1n) is 7.43. The Morgan fingerprint density at radius 1 is 1.30 bits per heavy atom. The Morgan fingerprint density at radius 3 is 2.65 bits per heavy atom. The molecule has 2 atom stereocenters. The van der Waals surface area contributed by atoms with Gasteiger partial charge in [-0.15, -0.1) is 0 Å². The molecule has 0 aliphatic heterocycles. The second kappa shape index (κ2) is 7.29. The van der Waals surface area contributed by atoms with Gasteiger partial charge in [0.2, 0.25) is 5.91 Å². The normalized spacial score (nSPS) is 22.3. The zero-order valence-corrected chi connectivity index (χ0v) is 12.0. The van der Waals surface area contributed by atoms with Gasteiger partial charge in [0.25, 0.3) is 0 Å². The molecule has 1 aromatic rings. The zero-order chi connectivity index (χ0) is 14.4. The van der Waals surface area contributed by atoms with Crippen molar-refractivity contribution in [3.63, 3.8) is 0 Å². The van der Waals surface area contributed by atoms with Gasteiger partial charge >= 0.3 is 0 Å². The third-order valence-corrected chi connectivity index (χ3v) is 3.57. The largest absolute Gasteiger partial charge is 0.488 e. The van der Waals surface area contributed by atoms with Gasteiger partial charge < -0.3 is 15.2 Å². The van der Waals surface area contributed by atoms with E-state index in [2.05, 4.69) is 5.32 Å². The van der Waals surface area contributed by atoms with E-state index in [1.165, 1.54) is 0 Å². The van der Waals surface area contributed by atoms with E-state index in [0.717, 1.165) is 43.5 Å². The number of carbonyl (C=O) groups excluding carboxylic acids is 1. The van der Waals surface area contributed by atoms with E-state index in [4.69, 9.17) is 4.74 Å². The van der Waals surface area contributed by atoms with Gasteiger partial charge in [-0.2, -0.15) is 0 Å². The Morgan fingerprint density at radius 2 is 2.00 bits per heavy atom. The third kappa shape index (κ3) is 4.23. The van der Waals surface area contributed by atoms with Crippen LogP contribution in [0.3, 0.4) is 0 Å². The second-order valence-corrected chi connectivity index (χ2v) is 5.33. The van der Waals surface area contributed by atoms with Crippen molar-refractivity contribution in [2.24, 2.45) is 0 Å². The van der Waals surface area contributed by atoms with E-state index in [1.807, 2.05) is 31.2 Å². The van der Waals surface area contributed by atoms with E-state index in [-0.39, 0.29) is 18.1 Å². The maximum absolute atomic E-state index is 11.5. The van der Waals surface area contributed by atoms with Crippen LogP contribution in [0.2, 0.25) is 0 Å². The molecule has 2 unspecified atom stereocenters. The summed E-state index contributed by atoms with van der Waals surface area (Å²) in [6.07, 6.45) is 4.79. The summed E-state index contributed by atoms with van der Waals surface area (Å²) in [6.45, 7) is 1.98. The highest BCUT2D eigenvalue weighted by molar-refractivity contribution is 5.90. The monoisotopic (exact) mass is 277 g/mol. The summed E-state index contributed by atoms with van der Waals surface area (Å²) in [4.78, 5) is 11.5. The molecule has 0 saturated heterocycles. The van der Waals surface area contributed by atoms with Crippen LogP contribution in [0.4, 0.5) is 5.69 Å². The van der Waals surface area contributed by atoms with Gasteiger partial charge in [0.15, 0.2) is 0 Å². The topological polar surface area (TPSA) is 58.6 Å². The summed E-state index contributed by atoms with van der Waals surface area (Å²) in [5, 5.41) is 12.7. The number of aliphatic hydroxyl groups is 1. The second-order valence-electron chi connectivity index (χ2n) is 5.33. The summed E-state index contributed by atoms with van der Waals surface area (Å²) in [6, 6.07) is 7.34. The Kier molecular flexibility index (Phi) is 5.41. The quantitative estimate of drug-likeness (QED) is 0.869. The highest BCUT2D eigenvalue weighted by Gasteiger charge is 2.24. The average Bonchev–Trinajstić information content (AvgIpc) is 2.44. The van der Waals surface area contributed by atoms with Crippen LogP contribution in [0.1, 0.15) is 45.4 Å². The maximum Gasteiger partial charge on any atom is 0.224 e. The fraction of sp³-hybridized carbons (Fsp3) is 0.562. The molecule has 20 heavy (non-hydrogen) atoms. The number of nitrogens with one attached hydrogen (secondary N) is 1. The van der Waals surface area contributed by atoms with E-state index in [1.54, 1.807) is 0 Å². The molecule has 4 heteroatoms. The van der Waals surface area contributed by atoms with Crippen LogP contribution in [0.5, 0.6) is 5.75 Å². The zero-order valence-electron chi connectivity index (χ0n) is 12.0. The molecule has 0 bridgehead atoms. The van der Waals surface area contributed by atoms with Crippen LogP contribution >= 0.6 is 0 Å². The first-order valence-corrected chi connectivity index (χ1v) is 7.43. The van der Waals surface area contributed by atoms with E-state index < -0.39 is 0 Å². The third-order valence-electron chi connectivity index (χ3n) is 3.57. The minimum Gasteiger partial charge on any atom is -0.488 e. The molecule has 2 rings (SSSR count). The lowest BCUT2D eigenvalue weighted by molar-refractivity contribution is -0.116. The molecule has 1 aromatic carbocycles. The van der Waals surface area contributed by atoms with Crippen molar-refractivity contribution in [2.45, 2.75) is 57.7 Å². The van der Waals surface area contributed by atoms with E-state index >= 15 is 0 Å². The molecular weight excluding hydrogens is 254 g/mol. The Balaban J connectivity index is 1.89. The number of aliphatic hydroxyl groups excluding tert-OH is 1. The highest BCUT2D eigenvalue weighted by Crippen LogP contribution is 2.24. The summed E-state index contributed by atoms with van der Waals surface area (Å²) >= 11 is 0. The fourth-order valence-electron chi connectivity index (χ4n) is 2.46. The van der Waals surface area contributed by atoms with Crippen molar-refractivity contribution in [3.05, 3.63) is 24.3 Å². The highest BCUT2D eigenvalue weighted by atomic mass is 16.5. The van der Waals surface area contributed by atoms with Gasteiger partial charge in [0.05, 0.1) is 6.10 Å². The van der Waals surface area contributed by atoms with Crippen molar-refractivity contribution >= 4 is 11.6 Å². The van der Waals surface area contributed by atoms with Crippen molar-refractivity contribution in [3.8, 4) is 5.75 Å². The molecule has 1 saturated carbocycles. The van der Waals surface area contributed by atoms with Crippen LogP contribution in [-0.4, -0.2) is 23.2 Å². The minimum absolute atomic E-state index is 0.0314. The molecule has 4 nitrogen and oxygen atoms in total. The van der Waals surface area contributed by atoms with Gasteiger partial charge in [-0.3, -0.25) is 4.79 Å². The Labute approximate surface area is 120 Å². The predicted octanol–water partition coefficient (Wildman–Crippen LogP) is 3.11. The van der Waals surface area contributed by atoms with Crippen molar-refractivity contribution in [2.75, 3.05) is 5.32 Å². The van der Waals surface area contributed by atoms with Crippen molar-refractivity contribution in [1.29, 1.82) is 0 Å². The first kappa shape index (κ1) is 14.9. The van der Waals surface area contributed by atoms with Gasteiger partial charge in [-0.05, 0) is 49.9 Å². The SMILES string of the molecule is CCCC(=O)Nc1ccc(OC2CCCCC2O)cc1. The molecule has 0 heterocycles. The maximum atomic E-state index is 11.5. The number of anilines is 1. The molecule has 110 valence electrons. The lowest BCUT2D eigenvalue weighted by atomic mass is 9.95. The van der Waals surface area contributed by atoms with Gasteiger partial charge in [-0.1, -0.05) is 13.3 Å². The molecule has 0 radical (unpaired) electrons. The van der Waals surface area contributed by atoms with E-state index in [9.17, 15) is 9.90 Å². The number of rotatable bonds is 5. The molecule has 2 N–H and O–H groups in total. The summed E-state index contributed by atoms with van der Waals surface area (Å²) in [5.41, 5.74) is 0.778. The minimum atomic E-state index is -0.368. The smallest absolute Gasteiger partial charge is 0.224 e. The first-order chi connectivity index (χ1) is 9.69. The molecule has 1 fully saturated rings. The predicted molar refractivity (Wildman–Crippen MR) is 78.9 cm³/mol. The van der Waals surface area contributed by atoms with Crippen LogP contribution in [0.15, 0.2) is 24.3 Å². The summed E-state index contributed by atoms with van der Waals surface area (Å²) in [5.74, 6) is 0.772. The van der Waals surface area contributed by atoms with Gasteiger partial charge in [-0.25, -0.2) is 0 Å². The van der Waals surface area contributed by atoms with Crippen LogP contribution < -0.4 is 10.1 Å². The van der Waals surface area contributed by atoms with Crippen molar-refractivity contribution < 1.29 is 14.6 Å². The molecule has 0 aromatic heterocycles. The number of carbonyl (C=O) groups is 1. The standard InChI is InChI=1S/C16H23NO3/c1-2-5-16(19)17-12-8-10-13(11-9-12)20-15-7-4-3-6-14(15)18/h8-11,14-15,18H,2-7H2,1H3,(H,17,19). The fourth-order valence-corrected chi connectivity index (χ4v) is 2.46.